The van der Waals surface area contributed by atoms with Gasteiger partial charge < -0.3 is 20.6 Å². The number of nitrogen functional groups attached to an aromatic ring is 1. The topological polar surface area (TPSA) is 69.8 Å². The van der Waals surface area contributed by atoms with E-state index in [0.29, 0.717) is 24.2 Å². The van der Waals surface area contributed by atoms with Crippen molar-refractivity contribution in [3.05, 3.63) is 23.8 Å². The van der Waals surface area contributed by atoms with Crippen LogP contribution in [0, 0.1) is 0 Å². The highest BCUT2D eigenvalue weighted by atomic mass is 16.3. The van der Waals surface area contributed by atoms with Crippen LogP contribution in [0.3, 0.4) is 0 Å². The number of carbonyl (C=O) groups is 1. The zero-order chi connectivity index (χ0) is 14.2. The number of nitrogens with zero attached hydrogens (tertiary/aromatic N) is 2. The lowest BCUT2D eigenvalue weighted by molar-refractivity contribution is 0.0818. The standard InChI is InChI=1S/C14H21N3O2/c1-14(19)6-7-17(9-14)12-8-10(15)4-5-11(12)13(18)16(2)3/h4-5,8,19H,6-7,9,15H2,1-3H3. The van der Waals surface area contributed by atoms with Crippen molar-refractivity contribution in [2.75, 3.05) is 37.8 Å². The Morgan fingerprint density at radius 2 is 2.16 bits per heavy atom. The van der Waals surface area contributed by atoms with Crippen LogP contribution >= 0.6 is 0 Å². The summed E-state index contributed by atoms with van der Waals surface area (Å²) in [6.07, 6.45) is 0.692. The van der Waals surface area contributed by atoms with Crippen molar-refractivity contribution in [1.29, 1.82) is 0 Å². The van der Waals surface area contributed by atoms with Gasteiger partial charge in [0, 0.05) is 32.9 Å². The summed E-state index contributed by atoms with van der Waals surface area (Å²) in [7, 11) is 3.45. The first-order chi connectivity index (χ1) is 8.80. The zero-order valence-electron chi connectivity index (χ0n) is 11.7. The Labute approximate surface area is 113 Å². The third-order valence-corrected chi connectivity index (χ3v) is 3.45. The lowest BCUT2D eigenvalue weighted by Crippen LogP contribution is -2.31. The van der Waals surface area contributed by atoms with Gasteiger partial charge in [-0.15, -0.1) is 0 Å². The summed E-state index contributed by atoms with van der Waals surface area (Å²) >= 11 is 0. The molecule has 1 aliphatic rings. The van der Waals surface area contributed by atoms with Crippen LogP contribution in [-0.2, 0) is 0 Å². The molecule has 104 valence electrons. The lowest BCUT2D eigenvalue weighted by atomic mass is 10.1. The second-order valence-electron chi connectivity index (χ2n) is 5.64. The van der Waals surface area contributed by atoms with Crippen LogP contribution < -0.4 is 10.6 Å². The molecule has 0 spiro atoms. The van der Waals surface area contributed by atoms with Crippen LogP contribution in [0.4, 0.5) is 11.4 Å². The molecule has 0 bridgehead atoms. The van der Waals surface area contributed by atoms with E-state index in [0.717, 1.165) is 12.2 Å². The van der Waals surface area contributed by atoms with Crippen molar-refractivity contribution in [3.8, 4) is 0 Å². The van der Waals surface area contributed by atoms with Gasteiger partial charge in [0.2, 0.25) is 0 Å². The van der Waals surface area contributed by atoms with Gasteiger partial charge in [-0.2, -0.15) is 0 Å². The minimum Gasteiger partial charge on any atom is -0.399 e. The Kier molecular flexibility index (Phi) is 3.41. The van der Waals surface area contributed by atoms with Gasteiger partial charge in [-0.1, -0.05) is 0 Å². The molecule has 1 amide bonds. The van der Waals surface area contributed by atoms with Gasteiger partial charge >= 0.3 is 0 Å². The molecule has 2 rings (SSSR count). The van der Waals surface area contributed by atoms with E-state index in [9.17, 15) is 9.90 Å². The summed E-state index contributed by atoms with van der Waals surface area (Å²) in [5, 5.41) is 10.1. The second kappa shape index (κ2) is 4.74. The minimum atomic E-state index is -0.705. The number of hydrogen-bond acceptors (Lipinski definition) is 4. The number of aliphatic hydroxyl groups is 1. The fourth-order valence-electron chi connectivity index (χ4n) is 2.38. The Morgan fingerprint density at radius 3 is 2.68 bits per heavy atom. The van der Waals surface area contributed by atoms with E-state index in [1.807, 2.05) is 11.8 Å². The monoisotopic (exact) mass is 263 g/mol. The molecule has 5 heteroatoms. The average Bonchev–Trinajstić information content (AvgIpc) is 2.68. The van der Waals surface area contributed by atoms with Gasteiger partial charge in [0.15, 0.2) is 0 Å². The third kappa shape index (κ3) is 2.81. The molecule has 19 heavy (non-hydrogen) atoms. The Bertz CT molecular complexity index is 497. The zero-order valence-corrected chi connectivity index (χ0v) is 11.7. The maximum absolute atomic E-state index is 12.2. The lowest BCUT2D eigenvalue weighted by Gasteiger charge is -2.24. The van der Waals surface area contributed by atoms with Crippen LogP contribution in [-0.4, -0.2) is 48.7 Å². The van der Waals surface area contributed by atoms with Crippen molar-refractivity contribution >= 4 is 17.3 Å². The number of carbonyl (C=O) groups excluding carboxylic acids is 1. The quantitative estimate of drug-likeness (QED) is 0.779. The molecule has 1 saturated heterocycles. The molecular formula is C14H21N3O2. The molecule has 1 heterocycles. The third-order valence-electron chi connectivity index (χ3n) is 3.45. The molecule has 5 nitrogen and oxygen atoms in total. The molecule has 1 aromatic carbocycles. The molecule has 0 saturated carbocycles. The Morgan fingerprint density at radius 1 is 1.47 bits per heavy atom. The summed E-state index contributed by atoms with van der Waals surface area (Å²) in [6.45, 7) is 3.06. The molecule has 3 N–H and O–H groups in total. The normalized spacial score (nSPS) is 22.6. The van der Waals surface area contributed by atoms with Crippen LogP contribution in [0.1, 0.15) is 23.7 Å². The van der Waals surface area contributed by atoms with Crippen molar-refractivity contribution in [2.24, 2.45) is 0 Å². The van der Waals surface area contributed by atoms with Crippen molar-refractivity contribution < 1.29 is 9.90 Å². The number of rotatable bonds is 2. The minimum absolute atomic E-state index is 0.0541. The van der Waals surface area contributed by atoms with E-state index < -0.39 is 5.60 Å². The molecule has 1 fully saturated rings. The molecule has 0 aliphatic carbocycles. The maximum atomic E-state index is 12.2. The first-order valence-electron chi connectivity index (χ1n) is 6.39. The highest BCUT2D eigenvalue weighted by molar-refractivity contribution is 6.00. The average molecular weight is 263 g/mol. The second-order valence-corrected chi connectivity index (χ2v) is 5.64. The first-order valence-corrected chi connectivity index (χ1v) is 6.39. The predicted molar refractivity (Wildman–Crippen MR) is 76.3 cm³/mol. The van der Waals surface area contributed by atoms with Gasteiger partial charge in [0.05, 0.1) is 16.9 Å². The van der Waals surface area contributed by atoms with Gasteiger partial charge in [-0.25, -0.2) is 0 Å². The van der Waals surface area contributed by atoms with Crippen LogP contribution in [0.2, 0.25) is 0 Å². The molecule has 1 aromatic rings. The predicted octanol–water partition coefficient (Wildman–Crippen LogP) is 0.932. The summed E-state index contributed by atoms with van der Waals surface area (Å²) in [6, 6.07) is 5.28. The highest BCUT2D eigenvalue weighted by Crippen LogP contribution is 2.31. The molecule has 0 radical (unpaired) electrons. The van der Waals surface area contributed by atoms with Crippen molar-refractivity contribution in [2.45, 2.75) is 18.9 Å². The molecule has 1 unspecified atom stereocenters. The summed E-state index contributed by atoms with van der Waals surface area (Å²) in [5.74, 6) is -0.0541. The summed E-state index contributed by atoms with van der Waals surface area (Å²) in [4.78, 5) is 15.8. The number of anilines is 2. The number of hydrogen-bond donors (Lipinski definition) is 2. The summed E-state index contributed by atoms with van der Waals surface area (Å²) < 4.78 is 0. The van der Waals surface area contributed by atoms with Gasteiger partial charge in [0.1, 0.15) is 0 Å². The van der Waals surface area contributed by atoms with Crippen molar-refractivity contribution in [3.63, 3.8) is 0 Å². The van der Waals surface area contributed by atoms with Gasteiger partial charge in [-0.3, -0.25) is 4.79 Å². The number of benzene rings is 1. The molecule has 1 atom stereocenters. The Hall–Kier alpha value is -1.75. The molecule has 0 aromatic heterocycles. The highest BCUT2D eigenvalue weighted by Gasteiger charge is 2.33. The smallest absolute Gasteiger partial charge is 0.255 e. The molecular weight excluding hydrogens is 242 g/mol. The number of nitrogens with two attached hydrogens (primary N) is 1. The number of amides is 1. The maximum Gasteiger partial charge on any atom is 0.255 e. The van der Waals surface area contributed by atoms with Crippen LogP contribution in [0.15, 0.2) is 18.2 Å². The van der Waals surface area contributed by atoms with Gasteiger partial charge in [-0.05, 0) is 31.5 Å². The fourth-order valence-corrected chi connectivity index (χ4v) is 2.38. The largest absolute Gasteiger partial charge is 0.399 e. The van der Waals surface area contributed by atoms with Crippen LogP contribution in [0.25, 0.3) is 0 Å². The fraction of sp³-hybridized carbons (Fsp3) is 0.500. The SMILES string of the molecule is CN(C)C(=O)c1ccc(N)cc1N1CCC(C)(O)C1. The van der Waals surface area contributed by atoms with Gasteiger partial charge in [0.25, 0.3) is 5.91 Å². The first kappa shape index (κ1) is 13.7. The van der Waals surface area contributed by atoms with E-state index in [2.05, 4.69) is 0 Å². The van der Waals surface area contributed by atoms with E-state index in [4.69, 9.17) is 5.73 Å². The van der Waals surface area contributed by atoms with Crippen LogP contribution in [0.5, 0.6) is 0 Å². The van der Waals surface area contributed by atoms with E-state index >= 15 is 0 Å². The van der Waals surface area contributed by atoms with E-state index in [-0.39, 0.29) is 5.91 Å². The Balaban J connectivity index is 2.39. The summed E-state index contributed by atoms with van der Waals surface area (Å²) in [5.41, 5.74) is 7.17. The van der Waals surface area contributed by atoms with E-state index in [1.54, 1.807) is 37.2 Å². The number of β-amino-alcohol motifs (C(OH)–C–C–N with tert-alkyl or cyclic N) is 1. The van der Waals surface area contributed by atoms with Crippen molar-refractivity contribution in [1.82, 2.24) is 4.90 Å². The molecule has 1 aliphatic heterocycles. The van der Waals surface area contributed by atoms with E-state index in [1.165, 1.54) is 0 Å².